The van der Waals surface area contributed by atoms with Gasteiger partial charge in [0.15, 0.2) is 0 Å². The van der Waals surface area contributed by atoms with Gasteiger partial charge in [0.1, 0.15) is 5.75 Å². The Morgan fingerprint density at radius 2 is 1.83 bits per heavy atom. The maximum atomic E-state index is 13.8. The van der Waals surface area contributed by atoms with Gasteiger partial charge in [-0.05, 0) is 67.3 Å². The molecule has 0 spiro atoms. The molecule has 9 nitrogen and oxygen atoms in total. The van der Waals surface area contributed by atoms with Crippen molar-refractivity contribution in [1.29, 1.82) is 0 Å². The second-order valence-electron chi connectivity index (χ2n) is 10.3. The molecule has 0 radical (unpaired) electrons. The van der Waals surface area contributed by atoms with Gasteiger partial charge in [-0.25, -0.2) is 8.42 Å². The van der Waals surface area contributed by atoms with E-state index in [4.69, 9.17) is 4.74 Å². The van der Waals surface area contributed by atoms with Gasteiger partial charge in [0.25, 0.3) is 5.91 Å². The summed E-state index contributed by atoms with van der Waals surface area (Å²) in [6.45, 7) is 2.91. The number of aromatic nitrogens is 1. The number of nitrogens with one attached hydrogen (secondary N) is 2. The van der Waals surface area contributed by atoms with Crippen molar-refractivity contribution in [3.8, 4) is 5.75 Å². The van der Waals surface area contributed by atoms with Crippen LogP contribution >= 0.6 is 0 Å². The molecule has 0 saturated heterocycles. The standard InChI is InChI=1S/C31H36N4O5S/c1-4-35-20-22-14-15-41(38,39)34(2)27-17-23(18-28(35)30(22)27)31(37)33-26(16-21-8-6-5-7-9-21)29(36)19-32-24-10-12-25(40-3)13-11-24/h5-13,17-18,20,26,29,32,36H,4,14-16,19H2,1-3H3,(H,33,37)/t26-,29?/m0/s1. The normalized spacial score (nSPS) is 15.7. The Morgan fingerprint density at radius 1 is 1.10 bits per heavy atom. The Bertz CT molecular complexity index is 1630. The van der Waals surface area contributed by atoms with E-state index in [-0.39, 0.29) is 18.2 Å². The Morgan fingerprint density at radius 3 is 2.51 bits per heavy atom. The Kier molecular flexibility index (Phi) is 8.23. The van der Waals surface area contributed by atoms with Crippen LogP contribution in [-0.4, -0.2) is 62.6 Å². The minimum atomic E-state index is -3.52. The van der Waals surface area contributed by atoms with Crippen LogP contribution in [0.4, 0.5) is 11.4 Å². The maximum Gasteiger partial charge on any atom is 0.251 e. The molecule has 41 heavy (non-hydrogen) atoms. The van der Waals surface area contributed by atoms with E-state index in [2.05, 4.69) is 10.6 Å². The van der Waals surface area contributed by atoms with Gasteiger partial charge in [0.2, 0.25) is 10.0 Å². The van der Waals surface area contributed by atoms with Crippen molar-refractivity contribution in [2.45, 2.75) is 38.5 Å². The molecule has 1 aromatic heterocycles. The van der Waals surface area contributed by atoms with E-state index in [0.29, 0.717) is 30.6 Å². The summed E-state index contributed by atoms with van der Waals surface area (Å²) >= 11 is 0. The molecular weight excluding hydrogens is 540 g/mol. The number of carbonyl (C=O) groups is 1. The lowest BCUT2D eigenvalue weighted by Crippen LogP contribution is -2.47. The van der Waals surface area contributed by atoms with Gasteiger partial charge in [0.05, 0.1) is 36.2 Å². The number of sulfonamides is 1. The molecule has 1 aliphatic heterocycles. The van der Waals surface area contributed by atoms with Crippen LogP contribution in [0, 0.1) is 0 Å². The maximum absolute atomic E-state index is 13.8. The number of hydrogen-bond acceptors (Lipinski definition) is 6. The quantitative estimate of drug-likeness (QED) is 0.265. The summed E-state index contributed by atoms with van der Waals surface area (Å²) in [5.41, 5.74) is 4.39. The molecule has 3 aromatic carbocycles. The monoisotopic (exact) mass is 576 g/mol. The van der Waals surface area contributed by atoms with Crippen LogP contribution in [0.1, 0.15) is 28.4 Å². The van der Waals surface area contributed by atoms with E-state index in [1.807, 2.05) is 78.4 Å². The van der Waals surface area contributed by atoms with Crippen molar-refractivity contribution in [2.75, 3.05) is 36.1 Å². The molecule has 0 fully saturated rings. The first-order valence-electron chi connectivity index (χ1n) is 13.7. The highest BCUT2D eigenvalue weighted by Gasteiger charge is 2.29. The lowest BCUT2D eigenvalue weighted by molar-refractivity contribution is 0.0851. The zero-order valence-corrected chi connectivity index (χ0v) is 24.3. The van der Waals surface area contributed by atoms with Crippen LogP contribution in [0.2, 0.25) is 0 Å². The van der Waals surface area contributed by atoms with Crippen molar-refractivity contribution in [1.82, 2.24) is 9.88 Å². The third kappa shape index (κ3) is 6.03. The molecule has 1 unspecified atom stereocenters. The summed E-state index contributed by atoms with van der Waals surface area (Å²) < 4.78 is 34.4. The van der Waals surface area contributed by atoms with Crippen molar-refractivity contribution in [2.24, 2.45) is 0 Å². The summed E-state index contributed by atoms with van der Waals surface area (Å²) in [6, 6.07) is 19.9. The number of aryl methyl sites for hydroxylation is 2. The van der Waals surface area contributed by atoms with Gasteiger partial charge in [0, 0.05) is 43.0 Å². The van der Waals surface area contributed by atoms with Crippen molar-refractivity contribution < 1.29 is 23.1 Å². The van der Waals surface area contributed by atoms with Gasteiger partial charge in [-0.15, -0.1) is 0 Å². The van der Waals surface area contributed by atoms with E-state index < -0.39 is 22.2 Å². The first kappa shape index (κ1) is 28.5. The molecule has 1 aliphatic rings. The minimum Gasteiger partial charge on any atom is -0.497 e. The van der Waals surface area contributed by atoms with Gasteiger partial charge >= 0.3 is 0 Å². The number of aliphatic hydroxyl groups excluding tert-OH is 1. The highest BCUT2D eigenvalue weighted by Crippen LogP contribution is 2.37. The molecule has 0 saturated carbocycles. The summed E-state index contributed by atoms with van der Waals surface area (Å²) in [4.78, 5) is 13.8. The van der Waals surface area contributed by atoms with E-state index in [1.165, 1.54) is 11.4 Å². The number of nitrogens with zero attached hydrogens (tertiary/aromatic N) is 2. The molecular formula is C31H36N4O5S. The molecule has 4 aromatic rings. The Labute approximate surface area is 240 Å². The van der Waals surface area contributed by atoms with Crippen LogP contribution in [-0.2, 0) is 29.4 Å². The molecule has 0 bridgehead atoms. The predicted octanol–water partition coefficient (Wildman–Crippen LogP) is 3.81. The SMILES string of the molecule is CCn1cc2c3c(cc(C(=O)N[C@@H](Cc4ccccc4)C(O)CNc4ccc(OC)cc4)cc31)N(C)S(=O)(=O)CC2. The molecule has 0 aliphatic carbocycles. The second-order valence-corrected chi connectivity index (χ2v) is 12.4. The first-order valence-corrected chi connectivity index (χ1v) is 15.3. The van der Waals surface area contributed by atoms with Crippen LogP contribution in [0.15, 0.2) is 72.9 Å². The number of anilines is 2. The molecule has 216 valence electrons. The molecule has 5 rings (SSSR count). The van der Waals surface area contributed by atoms with Crippen LogP contribution in [0.3, 0.4) is 0 Å². The van der Waals surface area contributed by atoms with E-state index in [0.717, 1.165) is 33.5 Å². The van der Waals surface area contributed by atoms with Crippen LogP contribution in [0.5, 0.6) is 5.75 Å². The number of carbonyl (C=O) groups excluding carboxylic acids is 1. The van der Waals surface area contributed by atoms with Gasteiger partial charge in [-0.1, -0.05) is 30.3 Å². The Balaban J connectivity index is 1.44. The summed E-state index contributed by atoms with van der Waals surface area (Å²) in [5.74, 6) is 0.361. The number of rotatable bonds is 10. The van der Waals surface area contributed by atoms with Crippen molar-refractivity contribution in [3.05, 3.63) is 89.6 Å². The lowest BCUT2D eigenvalue weighted by atomic mass is 9.99. The molecule has 2 heterocycles. The smallest absolute Gasteiger partial charge is 0.251 e. The average Bonchev–Trinajstić information content (AvgIpc) is 3.32. The van der Waals surface area contributed by atoms with E-state index >= 15 is 0 Å². The van der Waals surface area contributed by atoms with E-state index in [9.17, 15) is 18.3 Å². The number of hydrogen-bond donors (Lipinski definition) is 3. The van der Waals surface area contributed by atoms with E-state index in [1.54, 1.807) is 13.2 Å². The summed E-state index contributed by atoms with van der Waals surface area (Å²) in [7, 11) is -0.380. The fraction of sp³-hybridized carbons (Fsp3) is 0.323. The third-order valence-electron chi connectivity index (χ3n) is 7.71. The first-order chi connectivity index (χ1) is 19.7. The topological polar surface area (TPSA) is 113 Å². The number of benzene rings is 3. The highest BCUT2D eigenvalue weighted by atomic mass is 32.2. The average molecular weight is 577 g/mol. The minimum absolute atomic E-state index is 0.00900. The summed E-state index contributed by atoms with van der Waals surface area (Å²) in [6.07, 6.45) is 1.90. The van der Waals surface area contributed by atoms with Crippen LogP contribution < -0.4 is 19.7 Å². The predicted molar refractivity (Wildman–Crippen MR) is 162 cm³/mol. The largest absolute Gasteiger partial charge is 0.497 e. The molecule has 1 amide bonds. The van der Waals surface area contributed by atoms with Gasteiger partial charge in [-0.2, -0.15) is 0 Å². The number of methoxy groups -OCH3 is 1. The molecule has 10 heteroatoms. The van der Waals surface area contributed by atoms with Crippen molar-refractivity contribution in [3.63, 3.8) is 0 Å². The summed E-state index contributed by atoms with van der Waals surface area (Å²) in [5, 5.41) is 18.4. The van der Waals surface area contributed by atoms with Gasteiger partial charge < -0.3 is 25.0 Å². The zero-order chi connectivity index (χ0) is 29.1. The van der Waals surface area contributed by atoms with Crippen LogP contribution in [0.25, 0.3) is 10.9 Å². The zero-order valence-electron chi connectivity index (χ0n) is 23.5. The fourth-order valence-corrected chi connectivity index (χ4v) is 6.52. The third-order valence-corrected chi connectivity index (χ3v) is 9.46. The number of aliphatic hydroxyl groups is 1. The van der Waals surface area contributed by atoms with Crippen molar-refractivity contribution >= 4 is 38.2 Å². The fourth-order valence-electron chi connectivity index (χ4n) is 5.32. The highest BCUT2D eigenvalue weighted by molar-refractivity contribution is 7.92. The molecule has 3 N–H and O–H groups in total. The van der Waals surface area contributed by atoms with Gasteiger partial charge in [-0.3, -0.25) is 9.10 Å². The Hall–Kier alpha value is -4.02. The number of ether oxygens (including phenoxy) is 1. The molecule has 2 atom stereocenters. The second kappa shape index (κ2) is 11.8. The number of amides is 1. The lowest BCUT2D eigenvalue weighted by Gasteiger charge is -2.26.